The summed E-state index contributed by atoms with van der Waals surface area (Å²) in [5.41, 5.74) is 2.04. The van der Waals surface area contributed by atoms with Crippen molar-refractivity contribution in [3.63, 3.8) is 0 Å². The summed E-state index contributed by atoms with van der Waals surface area (Å²) in [4.78, 5) is 64.7. The van der Waals surface area contributed by atoms with Crippen LogP contribution in [0.3, 0.4) is 0 Å². The molecular formula is C37H44N4O10. The number of benzene rings is 3. The molecule has 1 saturated carbocycles. The topological polar surface area (TPSA) is 153 Å². The van der Waals surface area contributed by atoms with Crippen LogP contribution >= 0.6 is 0 Å². The lowest BCUT2D eigenvalue weighted by Gasteiger charge is -2.31. The number of anilines is 1. The van der Waals surface area contributed by atoms with Crippen molar-refractivity contribution in [1.82, 2.24) is 14.9 Å². The van der Waals surface area contributed by atoms with E-state index in [0.29, 0.717) is 22.7 Å². The SMILES string of the molecule is COc1ccc(CN(C(=O)OCOC(=O)CCC(=O)N(C)C)N(C)C(=O)c2ccc(NC(=O)OCc3ccccc3)cc2)cc1OC1CCCC1. The Hall–Kier alpha value is -5.79. The molecule has 0 saturated heterocycles. The van der Waals surface area contributed by atoms with Crippen molar-refractivity contribution in [2.45, 2.75) is 57.8 Å². The number of hydrogen-bond donors (Lipinski definition) is 1. The van der Waals surface area contributed by atoms with Gasteiger partial charge in [-0.3, -0.25) is 19.7 Å². The maximum atomic E-state index is 13.7. The number of nitrogens with zero attached hydrogens (tertiary/aromatic N) is 3. The van der Waals surface area contributed by atoms with E-state index >= 15 is 0 Å². The Morgan fingerprint density at radius 2 is 1.49 bits per heavy atom. The molecule has 0 spiro atoms. The van der Waals surface area contributed by atoms with Crippen LogP contribution in [0.25, 0.3) is 0 Å². The fourth-order valence-corrected chi connectivity index (χ4v) is 5.16. The monoisotopic (exact) mass is 704 g/mol. The summed E-state index contributed by atoms with van der Waals surface area (Å²) in [6, 6.07) is 20.5. The fraction of sp³-hybridized carbons (Fsp3) is 0.378. The van der Waals surface area contributed by atoms with Crippen LogP contribution in [0.5, 0.6) is 11.5 Å². The Balaban J connectivity index is 1.44. The predicted octanol–water partition coefficient (Wildman–Crippen LogP) is 5.76. The Bertz CT molecular complexity index is 1640. The highest BCUT2D eigenvalue weighted by Crippen LogP contribution is 2.33. The van der Waals surface area contributed by atoms with Crippen molar-refractivity contribution < 1.29 is 47.7 Å². The molecule has 3 aromatic carbocycles. The second kappa shape index (κ2) is 18.8. The first-order valence-electron chi connectivity index (χ1n) is 16.5. The van der Waals surface area contributed by atoms with E-state index in [1.54, 1.807) is 39.4 Å². The third-order valence-electron chi connectivity index (χ3n) is 8.06. The minimum absolute atomic E-state index is 0.0466. The van der Waals surface area contributed by atoms with Crippen LogP contribution in [0, 0.1) is 0 Å². The Morgan fingerprint density at radius 1 is 0.784 bits per heavy atom. The highest BCUT2D eigenvalue weighted by Gasteiger charge is 2.27. The lowest BCUT2D eigenvalue weighted by Crippen LogP contribution is -2.47. The van der Waals surface area contributed by atoms with Gasteiger partial charge in [0.15, 0.2) is 11.5 Å². The molecule has 1 aliphatic rings. The Kier molecular flexibility index (Phi) is 14.0. The lowest BCUT2D eigenvalue weighted by molar-refractivity contribution is -0.154. The van der Waals surface area contributed by atoms with Crippen LogP contribution in [-0.2, 0) is 37.0 Å². The van der Waals surface area contributed by atoms with Gasteiger partial charge < -0.3 is 28.6 Å². The maximum absolute atomic E-state index is 13.7. The molecule has 1 fully saturated rings. The van der Waals surface area contributed by atoms with E-state index in [4.69, 9.17) is 23.7 Å². The molecule has 0 atom stereocenters. The van der Waals surface area contributed by atoms with E-state index in [1.165, 1.54) is 36.2 Å². The highest BCUT2D eigenvalue weighted by atomic mass is 16.7. The number of hydrazine groups is 1. The summed E-state index contributed by atoms with van der Waals surface area (Å²) in [7, 11) is 6.08. The van der Waals surface area contributed by atoms with Gasteiger partial charge in [0.1, 0.15) is 6.61 Å². The van der Waals surface area contributed by atoms with Crippen molar-refractivity contribution in [2.75, 3.05) is 40.4 Å². The molecule has 0 radical (unpaired) electrons. The number of hydrogen-bond acceptors (Lipinski definition) is 10. The third kappa shape index (κ3) is 11.7. The van der Waals surface area contributed by atoms with Crippen LogP contribution < -0.4 is 14.8 Å². The quantitative estimate of drug-likeness (QED) is 0.125. The average molecular weight is 705 g/mol. The van der Waals surface area contributed by atoms with Gasteiger partial charge in [0.25, 0.3) is 5.91 Å². The average Bonchev–Trinajstić information content (AvgIpc) is 3.65. The number of amides is 4. The second-order valence-corrected chi connectivity index (χ2v) is 12.0. The van der Waals surface area contributed by atoms with E-state index in [-0.39, 0.29) is 43.6 Å². The zero-order chi connectivity index (χ0) is 36.8. The van der Waals surface area contributed by atoms with Gasteiger partial charge in [-0.05, 0) is 73.2 Å². The number of ether oxygens (including phenoxy) is 5. The molecule has 0 aliphatic heterocycles. The number of nitrogens with one attached hydrogen (secondary N) is 1. The third-order valence-corrected chi connectivity index (χ3v) is 8.06. The van der Waals surface area contributed by atoms with Gasteiger partial charge in [-0.15, -0.1) is 0 Å². The van der Waals surface area contributed by atoms with Gasteiger partial charge in [-0.2, -0.15) is 0 Å². The summed E-state index contributed by atoms with van der Waals surface area (Å²) in [6.07, 6.45) is 2.15. The van der Waals surface area contributed by atoms with Crippen LogP contribution in [0.2, 0.25) is 0 Å². The van der Waals surface area contributed by atoms with Gasteiger partial charge in [-0.25, -0.2) is 19.6 Å². The van der Waals surface area contributed by atoms with Crippen molar-refractivity contribution in [2.24, 2.45) is 0 Å². The summed E-state index contributed by atoms with van der Waals surface area (Å²) < 4.78 is 27.2. The fourth-order valence-electron chi connectivity index (χ4n) is 5.16. The van der Waals surface area contributed by atoms with E-state index in [0.717, 1.165) is 41.3 Å². The molecule has 4 rings (SSSR count). The molecule has 272 valence electrons. The van der Waals surface area contributed by atoms with Crippen LogP contribution in [-0.4, -0.2) is 86.0 Å². The maximum Gasteiger partial charge on any atom is 0.432 e. The summed E-state index contributed by atoms with van der Waals surface area (Å²) in [5, 5.41) is 4.76. The van der Waals surface area contributed by atoms with E-state index in [1.807, 2.05) is 30.3 Å². The first-order valence-corrected chi connectivity index (χ1v) is 16.5. The molecule has 51 heavy (non-hydrogen) atoms. The molecule has 0 unspecified atom stereocenters. The minimum atomic E-state index is -0.975. The second-order valence-electron chi connectivity index (χ2n) is 12.0. The number of carbonyl (C=O) groups is 5. The molecular weight excluding hydrogens is 660 g/mol. The molecule has 0 aromatic heterocycles. The highest BCUT2D eigenvalue weighted by molar-refractivity contribution is 5.95. The zero-order valence-electron chi connectivity index (χ0n) is 29.3. The van der Waals surface area contributed by atoms with Gasteiger partial charge in [0.05, 0.1) is 26.2 Å². The van der Waals surface area contributed by atoms with Crippen molar-refractivity contribution >= 4 is 35.7 Å². The first-order chi connectivity index (χ1) is 24.5. The number of rotatable bonds is 14. The van der Waals surface area contributed by atoms with Crippen LogP contribution in [0.1, 0.15) is 60.0 Å². The van der Waals surface area contributed by atoms with Crippen LogP contribution in [0.4, 0.5) is 15.3 Å². The van der Waals surface area contributed by atoms with E-state index in [9.17, 15) is 24.0 Å². The number of carbonyl (C=O) groups excluding carboxylic acids is 5. The van der Waals surface area contributed by atoms with Gasteiger partial charge in [0.2, 0.25) is 12.7 Å². The lowest BCUT2D eigenvalue weighted by atomic mass is 10.1. The molecule has 4 amide bonds. The molecule has 14 nitrogen and oxygen atoms in total. The standard InChI is InChI=1S/C37H44N4O10/c1-39(2)33(42)20-21-34(43)49-25-50-37(46)41(23-27-14-19-31(47-4)32(22-27)51-30-12-8-9-13-30)40(3)35(44)28-15-17-29(18-16-28)38-36(45)48-24-26-10-6-5-7-11-26/h5-7,10-11,14-19,22,30H,8-9,12-13,20-21,23-25H2,1-4H3,(H,38,45). The largest absolute Gasteiger partial charge is 0.493 e. The van der Waals surface area contributed by atoms with Gasteiger partial charge >= 0.3 is 18.2 Å². The molecule has 1 aliphatic carbocycles. The molecule has 0 heterocycles. The van der Waals surface area contributed by atoms with E-state index in [2.05, 4.69) is 5.32 Å². The summed E-state index contributed by atoms with van der Waals surface area (Å²) in [6.45, 7) is -0.756. The zero-order valence-corrected chi connectivity index (χ0v) is 29.3. The molecule has 0 bridgehead atoms. The predicted molar refractivity (Wildman–Crippen MR) is 186 cm³/mol. The molecule has 3 aromatic rings. The molecule has 14 heteroatoms. The number of esters is 1. The first kappa shape index (κ1) is 38.0. The summed E-state index contributed by atoms with van der Waals surface area (Å²) >= 11 is 0. The van der Waals surface area contributed by atoms with Gasteiger partial charge in [0, 0.05) is 38.8 Å². The van der Waals surface area contributed by atoms with Crippen LogP contribution in [0.15, 0.2) is 72.8 Å². The normalized spacial score (nSPS) is 12.3. The van der Waals surface area contributed by atoms with E-state index < -0.39 is 30.9 Å². The Labute approximate surface area is 297 Å². The smallest absolute Gasteiger partial charge is 0.432 e. The van der Waals surface area contributed by atoms with Crippen molar-refractivity contribution in [1.29, 1.82) is 0 Å². The van der Waals surface area contributed by atoms with Gasteiger partial charge in [-0.1, -0.05) is 36.4 Å². The molecule has 1 N–H and O–H groups in total. The van der Waals surface area contributed by atoms with Crippen molar-refractivity contribution in [3.8, 4) is 11.5 Å². The number of methoxy groups -OCH3 is 1. The Morgan fingerprint density at radius 3 is 2.16 bits per heavy atom. The minimum Gasteiger partial charge on any atom is -0.493 e. The summed E-state index contributed by atoms with van der Waals surface area (Å²) in [5.74, 6) is -0.508. The van der Waals surface area contributed by atoms with Crippen molar-refractivity contribution in [3.05, 3.63) is 89.5 Å².